The zero-order valence-corrected chi connectivity index (χ0v) is 16.8. The molecule has 28 heavy (non-hydrogen) atoms. The van der Waals surface area contributed by atoms with E-state index < -0.39 is 0 Å². The molecule has 3 aliphatic heterocycles. The lowest BCUT2D eigenvalue weighted by molar-refractivity contribution is 0.0214. The summed E-state index contributed by atoms with van der Waals surface area (Å²) in [6.07, 6.45) is 10.5. The quantitative estimate of drug-likeness (QED) is 0.629. The highest BCUT2D eigenvalue weighted by atomic mass is 15.2. The zero-order chi connectivity index (χ0) is 18.8. The Bertz CT molecular complexity index is 731. The van der Waals surface area contributed by atoms with E-state index in [9.17, 15) is 0 Å². The van der Waals surface area contributed by atoms with Crippen LogP contribution < -0.4 is 0 Å². The molecule has 2 aromatic carbocycles. The van der Waals surface area contributed by atoms with Crippen molar-refractivity contribution < 1.29 is 0 Å². The molecule has 0 radical (unpaired) electrons. The number of benzene rings is 2. The van der Waals surface area contributed by atoms with E-state index in [2.05, 4.69) is 71.8 Å². The molecule has 146 valence electrons. The van der Waals surface area contributed by atoms with Crippen LogP contribution >= 0.6 is 0 Å². The summed E-state index contributed by atoms with van der Waals surface area (Å²) in [7, 11) is 0. The van der Waals surface area contributed by atoms with Crippen molar-refractivity contribution in [1.29, 1.82) is 0 Å². The van der Waals surface area contributed by atoms with Gasteiger partial charge in [0.15, 0.2) is 0 Å². The van der Waals surface area contributed by atoms with Crippen LogP contribution in [-0.4, -0.2) is 36.3 Å². The second kappa shape index (κ2) is 8.21. The van der Waals surface area contributed by atoms with E-state index >= 15 is 0 Å². The maximum atomic E-state index is 5.33. The molecule has 0 N–H and O–H groups in total. The van der Waals surface area contributed by atoms with Crippen molar-refractivity contribution in [2.24, 2.45) is 16.8 Å². The number of piperidine rings is 3. The summed E-state index contributed by atoms with van der Waals surface area (Å²) in [4.78, 5) is 8.09. The number of rotatable bonds is 5. The smallest absolute Gasteiger partial charge is 0.0689 e. The fourth-order valence-electron chi connectivity index (χ4n) is 5.91. The summed E-state index contributed by atoms with van der Waals surface area (Å²) in [5.41, 5.74) is 2.87. The first-order valence-electron chi connectivity index (χ1n) is 11.3. The summed E-state index contributed by atoms with van der Waals surface area (Å²) >= 11 is 0. The van der Waals surface area contributed by atoms with Gasteiger partial charge in [-0.25, -0.2) is 0 Å². The molecule has 0 aromatic heterocycles. The van der Waals surface area contributed by atoms with Crippen molar-refractivity contribution in [2.75, 3.05) is 13.1 Å². The molecule has 0 unspecified atom stereocenters. The van der Waals surface area contributed by atoms with E-state index in [0.717, 1.165) is 11.8 Å². The number of aliphatic imine (C=N–C) groups is 1. The molecule has 2 atom stereocenters. The van der Waals surface area contributed by atoms with Crippen LogP contribution in [0.5, 0.6) is 0 Å². The van der Waals surface area contributed by atoms with Crippen molar-refractivity contribution >= 4 is 6.21 Å². The van der Waals surface area contributed by atoms with Crippen LogP contribution in [0.3, 0.4) is 0 Å². The summed E-state index contributed by atoms with van der Waals surface area (Å²) in [5, 5.41) is 0. The second-order valence-electron chi connectivity index (χ2n) is 9.00. The number of hydrogen-bond donors (Lipinski definition) is 0. The predicted octanol–water partition coefficient (Wildman–Crippen LogP) is 5.54. The van der Waals surface area contributed by atoms with Crippen molar-refractivity contribution in [3.8, 4) is 0 Å². The van der Waals surface area contributed by atoms with Crippen LogP contribution in [0.4, 0.5) is 0 Å². The topological polar surface area (TPSA) is 15.6 Å². The third kappa shape index (κ3) is 3.55. The number of hydrogen-bond acceptors (Lipinski definition) is 2. The molecule has 4 aliphatic rings. The molecular formula is C26H32N2. The van der Waals surface area contributed by atoms with Crippen LogP contribution in [0.1, 0.15) is 55.6 Å². The van der Waals surface area contributed by atoms with Gasteiger partial charge in [-0.15, -0.1) is 0 Å². The minimum atomic E-state index is 0.399. The van der Waals surface area contributed by atoms with Crippen LogP contribution in [0.2, 0.25) is 0 Å². The Labute approximate surface area is 169 Å². The Hall–Kier alpha value is -1.93. The average molecular weight is 373 g/mol. The highest BCUT2D eigenvalue weighted by molar-refractivity contribution is 5.61. The third-order valence-corrected chi connectivity index (χ3v) is 7.36. The van der Waals surface area contributed by atoms with Gasteiger partial charge < -0.3 is 0 Å². The summed E-state index contributed by atoms with van der Waals surface area (Å²) in [6, 6.07) is 23.2. The van der Waals surface area contributed by atoms with Crippen molar-refractivity contribution in [3.63, 3.8) is 0 Å². The Balaban J connectivity index is 1.53. The molecule has 2 aromatic rings. The highest BCUT2D eigenvalue weighted by Crippen LogP contribution is 2.43. The van der Waals surface area contributed by atoms with Crippen molar-refractivity contribution in [3.05, 3.63) is 71.8 Å². The third-order valence-electron chi connectivity index (χ3n) is 7.36. The molecule has 3 saturated heterocycles. The zero-order valence-electron chi connectivity index (χ0n) is 16.8. The molecule has 1 saturated carbocycles. The van der Waals surface area contributed by atoms with Crippen LogP contribution in [0.15, 0.2) is 65.7 Å². The molecule has 0 spiro atoms. The first-order chi connectivity index (χ1) is 13.9. The minimum Gasteiger partial charge on any atom is -0.297 e. The fraction of sp³-hybridized carbons (Fsp3) is 0.500. The van der Waals surface area contributed by atoms with Gasteiger partial charge in [0.25, 0.3) is 0 Å². The van der Waals surface area contributed by atoms with Crippen molar-refractivity contribution in [1.82, 2.24) is 4.90 Å². The molecule has 3 heterocycles. The van der Waals surface area contributed by atoms with E-state index in [-0.39, 0.29) is 0 Å². The van der Waals surface area contributed by atoms with Gasteiger partial charge in [0.1, 0.15) is 0 Å². The van der Waals surface area contributed by atoms with Crippen LogP contribution in [0, 0.1) is 11.8 Å². The van der Waals surface area contributed by atoms with E-state index in [1.807, 2.05) is 0 Å². The molecule has 2 bridgehead atoms. The largest absolute Gasteiger partial charge is 0.297 e. The standard InChI is InChI=1S/C26H32N2/c1-3-11-21(12-4-1)24(22-13-5-2-6-14-22)26-25(23-15-17-28(26)18-16-23)27-19-20-9-7-8-10-20/h1-6,11-14,19-20,23-26H,7-10,15-18H2/t25-,26-/m1/s1. The fourth-order valence-corrected chi connectivity index (χ4v) is 5.91. The van der Waals surface area contributed by atoms with Gasteiger partial charge in [0.2, 0.25) is 0 Å². The van der Waals surface area contributed by atoms with Gasteiger partial charge in [-0.3, -0.25) is 9.89 Å². The summed E-state index contributed by atoms with van der Waals surface area (Å²) in [6.45, 7) is 2.47. The Morgan fingerprint density at radius 3 is 1.93 bits per heavy atom. The van der Waals surface area contributed by atoms with Gasteiger partial charge in [-0.2, -0.15) is 0 Å². The Morgan fingerprint density at radius 1 is 0.786 bits per heavy atom. The molecule has 6 rings (SSSR count). The first-order valence-corrected chi connectivity index (χ1v) is 11.3. The maximum absolute atomic E-state index is 5.33. The highest BCUT2D eigenvalue weighted by Gasteiger charge is 2.46. The molecule has 4 fully saturated rings. The molecular weight excluding hydrogens is 340 g/mol. The van der Waals surface area contributed by atoms with E-state index in [0.29, 0.717) is 18.0 Å². The molecule has 2 nitrogen and oxygen atoms in total. The normalized spacial score (nSPS) is 30.5. The summed E-state index contributed by atoms with van der Waals surface area (Å²) < 4.78 is 0. The SMILES string of the molecule is C(=N[C@@H]1C2CCN(CC2)[C@@H]1C(c1ccccc1)c1ccccc1)C1CCCC1. The van der Waals surface area contributed by atoms with Gasteiger partial charge in [0, 0.05) is 18.2 Å². The van der Waals surface area contributed by atoms with Crippen molar-refractivity contribution in [2.45, 2.75) is 56.5 Å². The average Bonchev–Trinajstić information content (AvgIpc) is 3.29. The molecule has 2 heteroatoms. The number of nitrogens with zero attached hydrogens (tertiary/aromatic N) is 2. The van der Waals surface area contributed by atoms with Gasteiger partial charge in [0.05, 0.1) is 6.04 Å². The lowest BCUT2D eigenvalue weighted by Crippen LogP contribution is -2.59. The second-order valence-corrected chi connectivity index (χ2v) is 9.00. The number of fused-ring (bicyclic) bond motifs is 3. The van der Waals surface area contributed by atoms with Gasteiger partial charge >= 0.3 is 0 Å². The van der Waals surface area contributed by atoms with E-state index in [1.165, 1.54) is 62.7 Å². The van der Waals surface area contributed by atoms with E-state index in [1.54, 1.807) is 0 Å². The van der Waals surface area contributed by atoms with E-state index in [4.69, 9.17) is 4.99 Å². The van der Waals surface area contributed by atoms with Gasteiger partial charge in [-0.05, 0) is 61.7 Å². The first kappa shape index (κ1) is 18.1. The monoisotopic (exact) mass is 372 g/mol. The summed E-state index contributed by atoms with van der Waals surface area (Å²) in [5.74, 6) is 1.88. The lowest BCUT2D eigenvalue weighted by Gasteiger charge is -2.52. The minimum absolute atomic E-state index is 0.399. The molecule has 0 amide bonds. The van der Waals surface area contributed by atoms with Crippen LogP contribution in [-0.2, 0) is 0 Å². The molecule has 1 aliphatic carbocycles. The maximum Gasteiger partial charge on any atom is 0.0689 e. The Morgan fingerprint density at radius 2 is 1.36 bits per heavy atom. The Kier molecular flexibility index (Phi) is 5.31. The lowest BCUT2D eigenvalue weighted by atomic mass is 9.71. The van der Waals surface area contributed by atoms with Crippen LogP contribution in [0.25, 0.3) is 0 Å². The van der Waals surface area contributed by atoms with Gasteiger partial charge in [-0.1, -0.05) is 73.5 Å². The predicted molar refractivity (Wildman–Crippen MR) is 117 cm³/mol.